The molecule has 42 heavy (non-hydrogen) atoms. The average Bonchev–Trinajstić information content (AvgIpc) is 2.90. The van der Waals surface area contributed by atoms with Gasteiger partial charge in [-0.05, 0) is 109 Å². The SMILES string of the molecule is CC1(C)CC[C@]2(C(=O)O)CC[C@]3(C)C(=CCC4[C@@]5(C)CC[C@H](O[C@@H]6OC[C@H](O)[C@H](O)[C@H]6O)C(C)(C)[C@@H]5CC[C@]43C)[C@@H]2C1. The number of carboxylic acid groups (broad SMARTS) is 1. The van der Waals surface area contributed by atoms with E-state index in [2.05, 4.69) is 54.5 Å². The lowest BCUT2D eigenvalue weighted by Crippen LogP contribution is -2.65. The monoisotopic (exact) mass is 588 g/mol. The van der Waals surface area contributed by atoms with Gasteiger partial charge in [-0.25, -0.2) is 0 Å². The van der Waals surface area contributed by atoms with Crippen molar-refractivity contribution in [1.29, 1.82) is 0 Å². The van der Waals surface area contributed by atoms with Gasteiger partial charge in [-0.2, -0.15) is 0 Å². The number of fused-ring (bicyclic) bond motifs is 7. The molecule has 5 fully saturated rings. The fraction of sp³-hybridized carbons (Fsp3) is 0.914. The highest BCUT2D eigenvalue weighted by Gasteiger charge is 2.69. The van der Waals surface area contributed by atoms with Crippen molar-refractivity contribution in [3.63, 3.8) is 0 Å². The van der Waals surface area contributed by atoms with Gasteiger partial charge in [-0.3, -0.25) is 4.79 Å². The standard InChI is InChI=1S/C35H56O7/c1-30(2)14-16-35(29(39)40)17-15-33(6)20(21(35)18-30)8-9-24-32(5)12-11-25(31(3,4)23(32)10-13-34(24,33)7)42-28-27(38)26(37)22(36)19-41-28/h8,21-28,36-38H,9-19H2,1-7H3,(H,39,40)/t21-,22-,23-,24?,25-,26-,27+,28-,32-,33+,34+,35-/m0/s1. The molecule has 6 rings (SSSR count). The zero-order valence-electron chi connectivity index (χ0n) is 27.0. The Morgan fingerprint density at radius 1 is 0.881 bits per heavy atom. The van der Waals surface area contributed by atoms with E-state index >= 15 is 0 Å². The second-order valence-corrected chi connectivity index (χ2v) is 17.4. The first-order chi connectivity index (χ1) is 19.4. The Morgan fingerprint density at radius 3 is 2.26 bits per heavy atom. The van der Waals surface area contributed by atoms with E-state index in [1.807, 2.05) is 0 Å². The second kappa shape index (κ2) is 9.75. The van der Waals surface area contributed by atoms with Gasteiger partial charge in [0.25, 0.3) is 0 Å². The van der Waals surface area contributed by atoms with Gasteiger partial charge in [0.15, 0.2) is 6.29 Å². The Balaban J connectivity index is 1.30. The first-order valence-corrected chi connectivity index (χ1v) is 16.7. The molecule has 0 bridgehead atoms. The topological polar surface area (TPSA) is 116 Å². The molecule has 7 heteroatoms. The van der Waals surface area contributed by atoms with Crippen LogP contribution >= 0.6 is 0 Å². The summed E-state index contributed by atoms with van der Waals surface area (Å²) in [6, 6.07) is 0. The molecule has 0 radical (unpaired) electrons. The lowest BCUT2D eigenvalue weighted by Gasteiger charge is -2.71. The van der Waals surface area contributed by atoms with Gasteiger partial charge >= 0.3 is 5.97 Å². The van der Waals surface area contributed by atoms with E-state index < -0.39 is 36.0 Å². The fourth-order valence-electron chi connectivity index (χ4n) is 11.9. The van der Waals surface area contributed by atoms with Crippen molar-refractivity contribution < 1.29 is 34.7 Å². The maximum Gasteiger partial charge on any atom is 0.310 e. The summed E-state index contributed by atoms with van der Waals surface area (Å²) in [5.74, 6) is 0.465. The number of rotatable bonds is 3. The molecule has 0 aromatic heterocycles. The number of hydrogen-bond acceptors (Lipinski definition) is 6. The van der Waals surface area contributed by atoms with Gasteiger partial charge in [-0.15, -0.1) is 0 Å². The van der Waals surface area contributed by atoms with Gasteiger partial charge in [0, 0.05) is 0 Å². The number of aliphatic carboxylic acids is 1. The highest BCUT2D eigenvalue weighted by atomic mass is 16.7. The number of hydrogen-bond donors (Lipinski definition) is 4. The molecular formula is C35H56O7. The van der Waals surface area contributed by atoms with Crippen LogP contribution in [0.4, 0.5) is 0 Å². The predicted molar refractivity (Wildman–Crippen MR) is 159 cm³/mol. The molecule has 5 aliphatic carbocycles. The van der Waals surface area contributed by atoms with Crippen molar-refractivity contribution in [3.05, 3.63) is 11.6 Å². The van der Waals surface area contributed by atoms with Crippen molar-refractivity contribution >= 4 is 5.97 Å². The second-order valence-electron chi connectivity index (χ2n) is 17.4. The fourth-order valence-corrected chi connectivity index (χ4v) is 11.9. The molecule has 0 amide bonds. The summed E-state index contributed by atoms with van der Waals surface area (Å²) >= 11 is 0. The van der Waals surface area contributed by atoms with E-state index in [9.17, 15) is 25.2 Å². The molecule has 238 valence electrons. The van der Waals surface area contributed by atoms with Crippen molar-refractivity contribution in [3.8, 4) is 0 Å². The van der Waals surface area contributed by atoms with Crippen LogP contribution in [0.25, 0.3) is 0 Å². The van der Waals surface area contributed by atoms with E-state index in [0.29, 0.717) is 11.8 Å². The van der Waals surface area contributed by atoms with Crippen LogP contribution in [0.2, 0.25) is 0 Å². The highest BCUT2D eigenvalue weighted by Crippen LogP contribution is 2.75. The summed E-state index contributed by atoms with van der Waals surface area (Å²) in [4.78, 5) is 12.9. The van der Waals surface area contributed by atoms with Crippen molar-refractivity contribution in [2.24, 2.45) is 50.2 Å². The molecule has 0 aromatic carbocycles. The van der Waals surface area contributed by atoms with Crippen LogP contribution in [0.1, 0.15) is 113 Å². The number of aliphatic hydroxyl groups excluding tert-OH is 3. The Kier molecular flexibility index (Phi) is 7.20. The summed E-state index contributed by atoms with van der Waals surface area (Å²) in [5, 5.41) is 41.3. The smallest absolute Gasteiger partial charge is 0.310 e. The summed E-state index contributed by atoms with van der Waals surface area (Å²) in [6.07, 6.45) is 7.38. The van der Waals surface area contributed by atoms with Crippen LogP contribution in [0.5, 0.6) is 0 Å². The van der Waals surface area contributed by atoms with Gasteiger partial charge in [0.05, 0.1) is 18.1 Å². The van der Waals surface area contributed by atoms with E-state index in [-0.39, 0.29) is 45.7 Å². The first kappa shape index (κ1) is 31.0. The Labute approximate surface area is 252 Å². The minimum atomic E-state index is -1.27. The van der Waals surface area contributed by atoms with E-state index in [1.165, 1.54) is 5.57 Å². The molecule has 0 aromatic rings. The minimum absolute atomic E-state index is 0.00452. The van der Waals surface area contributed by atoms with Crippen LogP contribution in [0.15, 0.2) is 11.6 Å². The van der Waals surface area contributed by atoms with Crippen LogP contribution in [-0.2, 0) is 14.3 Å². The maximum absolute atomic E-state index is 12.9. The maximum atomic E-state index is 12.9. The number of allylic oxidation sites excluding steroid dienone is 2. The Morgan fingerprint density at radius 2 is 1.57 bits per heavy atom. The lowest BCUT2D eigenvalue weighted by atomic mass is 9.33. The number of aliphatic hydroxyl groups is 3. The molecule has 1 unspecified atom stereocenters. The zero-order chi connectivity index (χ0) is 30.7. The third-order valence-corrected chi connectivity index (χ3v) is 14.8. The number of carboxylic acids is 1. The molecule has 12 atom stereocenters. The lowest BCUT2D eigenvalue weighted by molar-refractivity contribution is -0.308. The summed E-state index contributed by atoms with van der Waals surface area (Å²) in [7, 11) is 0. The summed E-state index contributed by atoms with van der Waals surface area (Å²) < 4.78 is 12.1. The molecule has 6 aliphatic rings. The van der Waals surface area contributed by atoms with Crippen molar-refractivity contribution in [2.45, 2.75) is 143 Å². The third kappa shape index (κ3) is 4.12. The van der Waals surface area contributed by atoms with Crippen LogP contribution in [0, 0.1) is 50.2 Å². The summed E-state index contributed by atoms with van der Waals surface area (Å²) in [6.45, 7) is 16.8. The average molecular weight is 589 g/mol. The van der Waals surface area contributed by atoms with Crippen LogP contribution in [-0.4, -0.2) is 63.7 Å². The van der Waals surface area contributed by atoms with E-state index in [4.69, 9.17) is 9.47 Å². The molecule has 4 N–H and O–H groups in total. The Hall–Kier alpha value is -0.990. The molecule has 4 saturated carbocycles. The van der Waals surface area contributed by atoms with Crippen LogP contribution in [0.3, 0.4) is 0 Å². The number of ether oxygens (including phenoxy) is 2. The quantitative estimate of drug-likeness (QED) is 0.247. The van der Waals surface area contributed by atoms with Gasteiger partial charge in [0.1, 0.15) is 18.3 Å². The van der Waals surface area contributed by atoms with Gasteiger partial charge in [0.2, 0.25) is 0 Å². The van der Waals surface area contributed by atoms with Crippen molar-refractivity contribution in [2.75, 3.05) is 6.61 Å². The van der Waals surface area contributed by atoms with E-state index in [1.54, 1.807) is 0 Å². The zero-order valence-corrected chi connectivity index (χ0v) is 27.0. The normalized spacial score (nSPS) is 53.0. The molecule has 1 heterocycles. The summed E-state index contributed by atoms with van der Waals surface area (Å²) in [5.41, 5.74) is 1.05. The highest BCUT2D eigenvalue weighted by molar-refractivity contribution is 5.76. The predicted octanol–water partition coefficient (Wildman–Crippen LogP) is 5.70. The molecule has 1 saturated heterocycles. The largest absolute Gasteiger partial charge is 0.481 e. The molecule has 0 spiro atoms. The molecular weight excluding hydrogens is 532 g/mol. The van der Waals surface area contributed by atoms with Gasteiger partial charge < -0.3 is 29.9 Å². The minimum Gasteiger partial charge on any atom is -0.481 e. The number of carbonyl (C=O) groups is 1. The molecule has 7 nitrogen and oxygen atoms in total. The van der Waals surface area contributed by atoms with Crippen LogP contribution < -0.4 is 0 Å². The van der Waals surface area contributed by atoms with E-state index in [0.717, 1.165) is 64.2 Å². The molecule has 1 aliphatic heterocycles. The van der Waals surface area contributed by atoms with Crippen molar-refractivity contribution in [1.82, 2.24) is 0 Å². The van der Waals surface area contributed by atoms with Gasteiger partial charge in [-0.1, -0.05) is 60.1 Å². The third-order valence-electron chi connectivity index (χ3n) is 14.8. The Bertz CT molecular complexity index is 1130. The first-order valence-electron chi connectivity index (χ1n) is 16.7.